The molecule has 2 atom stereocenters. The molecular formula is C15H23N5O. The molecule has 0 amide bonds. The minimum Gasteiger partial charge on any atom is -0.381 e. The lowest BCUT2D eigenvalue weighted by Gasteiger charge is -2.19. The maximum Gasteiger partial charge on any atom is 0.0948 e. The molecule has 6 heteroatoms. The summed E-state index contributed by atoms with van der Waals surface area (Å²) in [5, 5.41) is 7.03. The Balaban J connectivity index is 1.58. The summed E-state index contributed by atoms with van der Waals surface area (Å²) in [6.07, 6.45) is 8.80. The van der Waals surface area contributed by atoms with Crippen molar-refractivity contribution in [1.82, 2.24) is 19.7 Å². The van der Waals surface area contributed by atoms with Crippen LogP contribution in [0.2, 0.25) is 0 Å². The lowest BCUT2D eigenvalue weighted by molar-refractivity contribution is 0.180. The Morgan fingerprint density at radius 1 is 1.52 bits per heavy atom. The van der Waals surface area contributed by atoms with E-state index < -0.39 is 0 Å². The highest BCUT2D eigenvalue weighted by Gasteiger charge is 2.26. The summed E-state index contributed by atoms with van der Waals surface area (Å²) >= 11 is 0. The number of imidazole rings is 1. The van der Waals surface area contributed by atoms with Gasteiger partial charge in [0.15, 0.2) is 0 Å². The van der Waals surface area contributed by atoms with Gasteiger partial charge >= 0.3 is 0 Å². The van der Waals surface area contributed by atoms with Crippen molar-refractivity contribution in [1.29, 1.82) is 0 Å². The number of aromatic nitrogens is 4. The second-order valence-electron chi connectivity index (χ2n) is 5.79. The van der Waals surface area contributed by atoms with Gasteiger partial charge < -0.3 is 15.0 Å². The number of H-pyrrole nitrogens is 1. The first kappa shape index (κ1) is 14.3. The first-order valence-electron chi connectivity index (χ1n) is 7.58. The number of rotatable bonds is 6. The molecule has 1 aliphatic rings. The largest absolute Gasteiger partial charge is 0.381 e. The molecule has 0 aromatic carbocycles. The average molecular weight is 289 g/mol. The first-order valence-corrected chi connectivity index (χ1v) is 7.58. The standard InChI is InChI=1S/C15H23N5O/c1-11-12(7-18-19-11)3-2-5-20-10-17-8-14(20)15(16)13-4-6-21-9-13/h7-8,10,13,15H,2-6,9,16H2,1H3,(H,18,19). The lowest BCUT2D eigenvalue weighted by atomic mass is 9.97. The zero-order valence-electron chi connectivity index (χ0n) is 12.5. The number of aryl methyl sites for hydroxylation is 3. The highest BCUT2D eigenvalue weighted by Crippen LogP contribution is 2.26. The number of aromatic amines is 1. The van der Waals surface area contributed by atoms with Crippen LogP contribution in [-0.4, -0.2) is 33.0 Å². The van der Waals surface area contributed by atoms with Crippen molar-refractivity contribution < 1.29 is 4.74 Å². The zero-order chi connectivity index (χ0) is 14.7. The van der Waals surface area contributed by atoms with E-state index in [1.165, 1.54) is 5.56 Å². The monoisotopic (exact) mass is 289 g/mol. The molecule has 2 unspecified atom stereocenters. The van der Waals surface area contributed by atoms with Crippen LogP contribution >= 0.6 is 0 Å². The van der Waals surface area contributed by atoms with Gasteiger partial charge in [0.25, 0.3) is 0 Å². The lowest BCUT2D eigenvalue weighted by Crippen LogP contribution is -2.24. The van der Waals surface area contributed by atoms with E-state index in [-0.39, 0.29) is 6.04 Å². The van der Waals surface area contributed by atoms with Gasteiger partial charge in [-0.25, -0.2) is 4.98 Å². The van der Waals surface area contributed by atoms with Gasteiger partial charge in [0.05, 0.1) is 30.9 Å². The fourth-order valence-electron chi connectivity index (χ4n) is 2.94. The molecule has 6 nitrogen and oxygen atoms in total. The van der Waals surface area contributed by atoms with Crippen LogP contribution in [0, 0.1) is 12.8 Å². The molecule has 1 saturated heterocycles. The Hall–Kier alpha value is -1.66. The third-order valence-corrected chi connectivity index (χ3v) is 4.34. The Labute approximate surface area is 124 Å². The van der Waals surface area contributed by atoms with Gasteiger partial charge in [-0.05, 0) is 31.7 Å². The summed E-state index contributed by atoms with van der Waals surface area (Å²) in [7, 11) is 0. The summed E-state index contributed by atoms with van der Waals surface area (Å²) in [5.74, 6) is 0.413. The number of nitrogens with zero attached hydrogens (tertiary/aromatic N) is 3. The predicted octanol–water partition coefficient (Wildman–Crippen LogP) is 1.58. The molecule has 3 N–H and O–H groups in total. The molecule has 0 bridgehead atoms. The van der Waals surface area contributed by atoms with Crippen molar-refractivity contribution in [2.45, 2.75) is 38.8 Å². The summed E-state index contributed by atoms with van der Waals surface area (Å²) < 4.78 is 7.62. The number of hydrogen-bond acceptors (Lipinski definition) is 4. The molecule has 2 aromatic rings. The highest BCUT2D eigenvalue weighted by molar-refractivity contribution is 5.14. The third-order valence-electron chi connectivity index (χ3n) is 4.34. The molecule has 3 rings (SSSR count). The van der Waals surface area contributed by atoms with Crippen LogP contribution < -0.4 is 5.73 Å². The number of ether oxygens (including phenoxy) is 1. The normalized spacial score (nSPS) is 20.0. The van der Waals surface area contributed by atoms with E-state index in [1.807, 2.05) is 18.7 Å². The second-order valence-corrected chi connectivity index (χ2v) is 5.79. The molecule has 2 aromatic heterocycles. The molecule has 0 saturated carbocycles. The smallest absolute Gasteiger partial charge is 0.0948 e. The maximum atomic E-state index is 6.38. The van der Waals surface area contributed by atoms with Crippen molar-refractivity contribution in [3.05, 3.63) is 35.7 Å². The number of nitrogens with one attached hydrogen (secondary N) is 1. The van der Waals surface area contributed by atoms with Crippen LogP contribution in [0.4, 0.5) is 0 Å². The van der Waals surface area contributed by atoms with E-state index >= 15 is 0 Å². The molecule has 114 valence electrons. The van der Waals surface area contributed by atoms with Gasteiger partial charge in [-0.2, -0.15) is 5.10 Å². The molecule has 0 aliphatic carbocycles. The van der Waals surface area contributed by atoms with Crippen LogP contribution in [0.1, 0.15) is 35.8 Å². The molecule has 21 heavy (non-hydrogen) atoms. The molecule has 1 fully saturated rings. The Morgan fingerprint density at radius 3 is 3.14 bits per heavy atom. The van der Waals surface area contributed by atoms with Crippen molar-refractivity contribution >= 4 is 0 Å². The molecular weight excluding hydrogens is 266 g/mol. The van der Waals surface area contributed by atoms with E-state index in [4.69, 9.17) is 10.5 Å². The summed E-state index contributed by atoms with van der Waals surface area (Å²) in [6.45, 7) is 4.58. The SMILES string of the molecule is Cc1[nH]ncc1CCCn1cncc1C(N)C1CCOC1. The second kappa shape index (κ2) is 6.41. The zero-order valence-corrected chi connectivity index (χ0v) is 12.5. The average Bonchev–Trinajstić information content (AvgIpc) is 3.20. The Morgan fingerprint density at radius 2 is 2.43 bits per heavy atom. The van der Waals surface area contributed by atoms with Crippen LogP contribution in [0.3, 0.4) is 0 Å². The van der Waals surface area contributed by atoms with E-state index in [0.29, 0.717) is 5.92 Å². The van der Waals surface area contributed by atoms with E-state index in [1.54, 1.807) is 0 Å². The van der Waals surface area contributed by atoms with E-state index in [9.17, 15) is 0 Å². The molecule has 3 heterocycles. The van der Waals surface area contributed by atoms with Gasteiger partial charge in [0.2, 0.25) is 0 Å². The third kappa shape index (κ3) is 3.16. The maximum absolute atomic E-state index is 6.38. The summed E-state index contributed by atoms with van der Waals surface area (Å²) in [4.78, 5) is 4.27. The summed E-state index contributed by atoms with van der Waals surface area (Å²) in [6, 6.07) is 0.0191. The van der Waals surface area contributed by atoms with Crippen molar-refractivity contribution in [3.63, 3.8) is 0 Å². The topological polar surface area (TPSA) is 81.8 Å². The van der Waals surface area contributed by atoms with Crippen LogP contribution in [0.25, 0.3) is 0 Å². The Kier molecular flexibility index (Phi) is 4.36. The summed E-state index contributed by atoms with van der Waals surface area (Å²) in [5.41, 5.74) is 9.94. The van der Waals surface area contributed by atoms with Crippen LogP contribution in [0.5, 0.6) is 0 Å². The fraction of sp³-hybridized carbons (Fsp3) is 0.600. The van der Waals surface area contributed by atoms with Crippen LogP contribution in [0.15, 0.2) is 18.7 Å². The van der Waals surface area contributed by atoms with Gasteiger partial charge in [-0.3, -0.25) is 5.10 Å². The molecule has 1 aliphatic heterocycles. The fourth-order valence-corrected chi connectivity index (χ4v) is 2.94. The van der Waals surface area contributed by atoms with Crippen molar-refractivity contribution in [3.8, 4) is 0 Å². The first-order chi connectivity index (χ1) is 10.3. The van der Waals surface area contributed by atoms with Crippen molar-refractivity contribution in [2.75, 3.05) is 13.2 Å². The van der Waals surface area contributed by atoms with E-state index in [2.05, 4.69) is 26.7 Å². The minimum atomic E-state index is 0.0191. The highest BCUT2D eigenvalue weighted by atomic mass is 16.5. The molecule has 0 radical (unpaired) electrons. The minimum absolute atomic E-state index is 0.0191. The van der Waals surface area contributed by atoms with Crippen molar-refractivity contribution in [2.24, 2.45) is 11.7 Å². The number of nitrogens with two attached hydrogens (primary N) is 1. The van der Waals surface area contributed by atoms with Crippen LogP contribution in [-0.2, 0) is 17.7 Å². The van der Waals surface area contributed by atoms with Gasteiger partial charge in [-0.1, -0.05) is 0 Å². The molecule has 0 spiro atoms. The van der Waals surface area contributed by atoms with E-state index in [0.717, 1.165) is 50.4 Å². The predicted molar refractivity (Wildman–Crippen MR) is 79.7 cm³/mol. The number of hydrogen-bond donors (Lipinski definition) is 2. The van der Waals surface area contributed by atoms with Gasteiger partial charge in [0, 0.05) is 31.0 Å². The van der Waals surface area contributed by atoms with Gasteiger partial charge in [0.1, 0.15) is 0 Å². The quantitative estimate of drug-likeness (QED) is 0.846. The Bertz CT molecular complexity index is 570. The van der Waals surface area contributed by atoms with Gasteiger partial charge in [-0.15, -0.1) is 0 Å².